The molecule has 2 aliphatic carbocycles. The van der Waals surface area contributed by atoms with Crippen LogP contribution in [0, 0.1) is 32.6 Å². The van der Waals surface area contributed by atoms with Crippen LogP contribution < -0.4 is 0 Å². The molecule has 0 aliphatic heterocycles. The van der Waals surface area contributed by atoms with Gasteiger partial charge in [-0.1, -0.05) is 17.7 Å². The van der Waals surface area contributed by atoms with Gasteiger partial charge in [-0.05, 0) is 43.4 Å². The van der Waals surface area contributed by atoms with E-state index in [1.165, 1.54) is 0 Å². The first-order valence-electron chi connectivity index (χ1n) is 9.11. The molecule has 0 spiro atoms. The predicted molar refractivity (Wildman–Crippen MR) is 93.4 cm³/mol. The van der Waals surface area contributed by atoms with Crippen molar-refractivity contribution >= 4 is 17.3 Å². The average Bonchev–Trinajstić information content (AvgIpc) is 2.72. The van der Waals surface area contributed by atoms with E-state index in [1.54, 1.807) is 0 Å². The molecule has 0 amide bonds. The second-order valence-electron chi connectivity index (χ2n) is 8.09. The smallest absolute Gasteiger partial charge is 0.248 e. The Balaban J connectivity index is 1.69. The number of halogens is 2. The maximum atomic E-state index is 12.9. The van der Waals surface area contributed by atoms with E-state index in [0.717, 1.165) is 22.3 Å². The molecule has 2 unspecified atom stereocenters. The molecule has 0 heterocycles. The molecule has 0 N–H and O–H groups in total. The summed E-state index contributed by atoms with van der Waals surface area (Å²) >= 11 is 0. The largest absolute Gasteiger partial charge is 0.300 e. The number of benzene rings is 1. The first kappa shape index (κ1) is 18.9. The topological polar surface area (TPSA) is 51.2 Å². The van der Waals surface area contributed by atoms with Crippen LogP contribution in [0.5, 0.6) is 0 Å². The number of Topliss-reactive ketones (excluding diaryl/α,β-unsaturated/α-hetero) is 3. The molecule has 5 heteroatoms. The van der Waals surface area contributed by atoms with E-state index < -0.39 is 17.8 Å². The van der Waals surface area contributed by atoms with Gasteiger partial charge in [-0.3, -0.25) is 14.4 Å². The molecule has 140 valence electrons. The zero-order valence-corrected chi connectivity index (χ0v) is 15.4. The Morgan fingerprint density at radius 2 is 1.65 bits per heavy atom. The van der Waals surface area contributed by atoms with Gasteiger partial charge >= 0.3 is 0 Å². The number of hydrogen-bond donors (Lipinski definition) is 0. The summed E-state index contributed by atoms with van der Waals surface area (Å²) in [6, 6.07) is 3.91. The Kier molecular flexibility index (Phi) is 4.84. The number of ketones is 3. The zero-order chi connectivity index (χ0) is 19.2. The number of hydrogen-bond acceptors (Lipinski definition) is 3. The van der Waals surface area contributed by atoms with Crippen molar-refractivity contribution in [3.63, 3.8) is 0 Å². The summed E-state index contributed by atoms with van der Waals surface area (Å²) in [7, 11) is 0. The maximum Gasteiger partial charge on any atom is 0.248 e. The summed E-state index contributed by atoms with van der Waals surface area (Å²) in [6.45, 7) is 5.75. The van der Waals surface area contributed by atoms with Crippen molar-refractivity contribution in [2.24, 2.45) is 11.8 Å². The van der Waals surface area contributed by atoms with E-state index in [-0.39, 0.29) is 55.4 Å². The Labute approximate surface area is 152 Å². The van der Waals surface area contributed by atoms with Crippen LogP contribution in [0.2, 0.25) is 0 Å². The number of aryl methyl sites for hydroxylation is 3. The molecule has 2 atom stereocenters. The zero-order valence-electron chi connectivity index (χ0n) is 15.4. The van der Waals surface area contributed by atoms with E-state index in [9.17, 15) is 23.2 Å². The number of alkyl halides is 2. The molecule has 0 aromatic heterocycles. The van der Waals surface area contributed by atoms with Crippen molar-refractivity contribution in [3.8, 4) is 0 Å². The van der Waals surface area contributed by atoms with Crippen molar-refractivity contribution in [2.45, 2.75) is 64.7 Å². The van der Waals surface area contributed by atoms with Crippen LogP contribution in [0.1, 0.15) is 60.3 Å². The number of carbonyl (C=O) groups excluding carboxylic acids is 3. The fourth-order valence-electron chi connectivity index (χ4n) is 4.59. The van der Waals surface area contributed by atoms with Gasteiger partial charge in [-0.15, -0.1) is 0 Å². The Morgan fingerprint density at radius 3 is 2.19 bits per heavy atom. The minimum Gasteiger partial charge on any atom is -0.300 e. The van der Waals surface area contributed by atoms with Gasteiger partial charge in [-0.25, -0.2) is 8.78 Å². The fourth-order valence-corrected chi connectivity index (χ4v) is 4.59. The predicted octanol–water partition coefficient (Wildman–Crippen LogP) is 4.25. The Hall–Kier alpha value is -1.91. The third-order valence-electron chi connectivity index (χ3n) is 5.65. The van der Waals surface area contributed by atoms with Crippen molar-refractivity contribution in [1.82, 2.24) is 0 Å². The summed E-state index contributed by atoms with van der Waals surface area (Å²) in [4.78, 5) is 37.5. The lowest BCUT2D eigenvalue weighted by Gasteiger charge is -2.34. The van der Waals surface area contributed by atoms with Gasteiger partial charge in [0.25, 0.3) is 0 Å². The van der Waals surface area contributed by atoms with Crippen LogP contribution >= 0.6 is 0 Å². The van der Waals surface area contributed by atoms with Gasteiger partial charge in [0.05, 0.1) is 0 Å². The molecule has 0 bridgehead atoms. The highest BCUT2D eigenvalue weighted by atomic mass is 19.3. The third-order valence-corrected chi connectivity index (χ3v) is 5.65. The van der Waals surface area contributed by atoms with E-state index in [4.69, 9.17) is 0 Å². The maximum absolute atomic E-state index is 12.9. The molecule has 2 aliphatic rings. The molecule has 26 heavy (non-hydrogen) atoms. The molecule has 2 saturated carbocycles. The molecule has 1 aromatic rings. The highest BCUT2D eigenvalue weighted by Crippen LogP contribution is 2.45. The molecule has 2 fully saturated rings. The Bertz CT molecular complexity index is 750. The molecule has 1 aromatic carbocycles. The lowest BCUT2D eigenvalue weighted by molar-refractivity contribution is -0.135. The van der Waals surface area contributed by atoms with E-state index in [2.05, 4.69) is 0 Å². The van der Waals surface area contributed by atoms with Gasteiger partial charge in [0, 0.05) is 38.0 Å². The fraction of sp³-hybridized carbons (Fsp3) is 0.571. The van der Waals surface area contributed by atoms with Gasteiger partial charge in [-0.2, -0.15) is 0 Å². The second kappa shape index (κ2) is 6.67. The lowest BCUT2D eigenvalue weighted by Crippen LogP contribution is -2.36. The molecule has 3 nitrogen and oxygen atoms in total. The van der Waals surface area contributed by atoms with Crippen molar-refractivity contribution in [1.29, 1.82) is 0 Å². The van der Waals surface area contributed by atoms with E-state index in [0.29, 0.717) is 0 Å². The van der Waals surface area contributed by atoms with Crippen LogP contribution in [0.15, 0.2) is 12.1 Å². The van der Waals surface area contributed by atoms with E-state index >= 15 is 0 Å². The number of rotatable bonds is 5. The minimum atomic E-state index is -2.64. The van der Waals surface area contributed by atoms with Crippen molar-refractivity contribution in [3.05, 3.63) is 34.4 Å². The van der Waals surface area contributed by atoms with Crippen LogP contribution in [-0.2, 0) is 14.4 Å². The van der Waals surface area contributed by atoms with E-state index in [1.807, 2.05) is 32.9 Å². The molecule has 0 radical (unpaired) electrons. The number of carbonyl (C=O) groups is 3. The van der Waals surface area contributed by atoms with Gasteiger partial charge < -0.3 is 0 Å². The molecular weight excluding hydrogens is 338 g/mol. The van der Waals surface area contributed by atoms with Crippen LogP contribution in [-0.4, -0.2) is 23.3 Å². The summed E-state index contributed by atoms with van der Waals surface area (Å²) < 4.78 is 25.8. The second-order valence-corrected chi connectivity index (χ2v) is 8.09. The monoisotopic (exact) mass is 362 g/mol. The first-order chi connectivity index (χ1) is 12.1. The van der Waals surface area contributed by atoms with Gasteiger partial charge in [0.2, 0.25) is 5.92 Å². The summed E-state index contributed by atoms with van der Waals surface area (Å²) in [5.74, 6) is -4.86. The standard InChI is InChI=1S/C21H24F2O3/c1-11-4-12(2)18(13(3)5-11)19-17(25)8-15(20(19)26)7-16(24)6-14-9-21(22,23)10-14/h4-5,14-15,19H,6-10H2,1-3H3. The molecular formula is C21H24F2O3. The minimum absolute atomic E-state index is 0.00684. The normalized spacial score (nSPS) is 25.4. The van der Waals surface area contributed by atoms with Crippen LogP contribution in [0.4, 0.5) is 8.78 Å². The van der Waals surface area contributed by atoms with Gasteiger partial charge in [0.1, 0.15) is 17.5 Å². The average molecular weight is 362 g/mol. The molecule has 3 rings (SSSR count). The summed E-state index contributed by atoms with van der Waals surface area (Å²) in [5, 5.41) is 0. The van der Waals surface area contributed by atoms with Crippen molar-refractivity contribution < 1.29 is 23.2 Å². The van der Waals surface area contributed by atoms with Crippen molar-refractivity contribution in [2.75, 3.05) is 0 Å². The first-order valence-corrected chi connectivity index (χ1v) is 9.11. The molecule has 0 saturated heterocycles. The summed E-state index contributed by atoms with van der Waals surface area (Å²) in [6.07, 6.45) is -0.349. The summed E-state index contributed by atoms with van der Waals surface area (Å²) in [5.41, 5.74) is 3.67. The van der Waals surface area contributed by atoms with Crippen LogP contribution in [0.3, 0.4) is 0 Å². The Morgan fingerprint density at radius 1 is 1.08 bits per heavy atom. The lowest BCUT2D eigenvalue weighted by atomic mass is 9.77. The highest BCUT2D eigenvalue weighted by Gasteiger charge is 2.47. The van der Waals surface area contributed by atoms with Crippen LogP contribution in [0.25, 0.3) is 0 Å². The van der Waals surface area contributed by atoms with Gasteiger partial charge in [0.15, 0.2) is 5.78 Å². The highest BCUT2D eigenvalue weighted by molar-refractivity contribution is 6.15. The third kappa shape index (κ3) is 3.62. The SMILES string of the molecule is Cc1cc(C)c(C2C(=O)CC(CC(=O)CC3CC(F)(F)C3)C2=O)c(C)c1. The quantitative estimate of drug-likeness (QED) is 0.736.